The number of hydrogen-bond donors (Lipinski definition) is 0. The van der Waals surface area contributed by atoms with Gasteiger partial charge in [-0.2, -0.15) is 0 Å². The van der Waals surface area contributed by atoms with Crippen LogP contribution < -0.4 is 4.74 Å². The molecule has 204 valence electrons. The highest BCUT2D eigenvalue weighted by Crippen LogP contribution is 2.39. The summed E-state index contributed by atoms with van der Waals surface area (Å²) < 4.78 is 48.2. The van der Waals surface area contributed by atoms with E-state index in [1.54, 1.807) is 24.3 Å². The lowest BCUT2D eigenvalue weighted by atomic mass is 10.0. The highest BCUT2D eigenvalue weighted by molar-refractivity contribution is 7.91. The van der Waals surface area contributed by atoms with Gasteiger partial charge in [0.2, 0.25) is 0 Å². The number of rotatable bonds is 15. The Labute approximate surface area is 222 Å². The van der Waals surface area contributed by atoms with E-state index in [-0.39, 0.29) is 11.9 Å². The van der Waals surface area contributed by atoms with Crippen molar-refractivity contribution < 1.29 is 27.4 Å². The summed E-state index contributed by atoms with van der Waals surface area (Å²) in [5, 5.41) is 0. The number of sulfone groups is 1. The fourth-order valence-electron chi connectivity index (χ4n) is 5.18. The third kappa shape index (κ3) is 8.01. The number of likely N-dealkylation sites (tertiary alicyclic amines) is 1. The Morgan fingerprint density at radius 1 is 0.838 bits per heavy atom. The Balaban J connectivity index is 1.27. The summed E-state index contributed by atoms with van der Waals surface area (Å²) in [6.07, 6.45) is 5.16. The molecule has 0 unspecified atom stereocenters. The van der Waals surface area contributed by atoms with Crippen LogP contribution >= 0.6 is 0 Å². The summed E-state index contributed by atoms with van der Waals surface area (Å²) in [5.74, 6) is 0.751. The molecular weight excluding hydrogens is 490 g/mol. The zero-order valence-corrected chi connectivity index (χ0v) is 22.8. The normalized spacial score (nSPS) is 20.1. The Hall–Kier alpha value is -1.97. The lowest BCUT2D eigenvalue weighted by Gasteiger charge is -2.35. The van der Waals surface area contributed by atoms with E-state index >= 15 is 0 Å². The maximum absolute atomic E-state index is 12.8. The van der Waals surface area contributed by atoms with E-state index < -0.39 is 9.84 Å². The highest BCUT2D eigenvalue weighted by Gasteiger charge is 2.38. The first-order valence-corrected chi connectivity index (χ1v) is 15.3. The van der Waals surface area contributed by atoms with Crippen LogP contribution in [0.25, 0.3) is 0 Å². The molecule has 2 atom stereocenters. The lowest BCUT2D eigenvalue weighted by Crippen LogP contribution is -2.43. The highest BCUT2D eigenvalue weighted by atomic mass is 32.2. The quantitative estimate of drug-likeness (QED) is 0.314. The van der Waals surface area contributed by atoms with Crippen LogP contribution in [0.1, 0.15) is 49.8 Å². The molecule has 1 aliphatic carbocycles. The van der Waals surface area contributed by atoms with Crippen molar-refractivity contribution in [3.05, 3.63) is 59.7 Å². The summed E-state index contributed by atoms with van der Waals surface area (Å²) in [6, 6.07) is 15.7. The molecule has 2 aromatic rings. The zero-order valence-electron chi connectivity index (χ0n) is 22.0. The van der Waals surface area contributed by atoms with E-state index in [2.05, 4.69) is 29.2 Å². The number of piperidine rings is 1. The molecule has 0 bridgehead atoms. The first-order chi connectivity index (χ1) is 18.1. The van der Waals surface area contributed by atoms with E-state index in [1.165, 1.54) is 30.4 Å². The van der Waals surface area contributed by atoms with Crippen molar-refractivity contribution in [2.75, 3.05) is 58.5 Å². The Morgan fingerprint density at radius 3 is 2.24 bits per heavy atom. The molecule has 0 radical (unpaired) electrons. The Bertz CT molecular complexity index is 1050. The van der Waals surface area contributed by atoms with Crippen molar-refractivity contribution in [1.82, 2.24) is 4.90 Å². The largest absolute Gasteiger partial charge is 0.484 e. The summed E-state index contributed by atoms with van der Waals surface area (Å²) in [6.45, 7) is 7.27. The molecule has 0 aromatic heterocycles. The van der Waals surface area contributed by atoms with Gasteiger partial charge in [-0.1, -0.05) is 30.7 Å². The number of benzene rings is 2. The van der Waals surface area contributed by atoms with Gasteiger partial charge in [0, 0.05) is 13.2 Å². The molecule has 7 nitrogen and oxygen atoms in total. The van der Waals surface area contributed by atoms with Gasteiger partial charge in [0.05, 0.1) is 43.1 Å². The van der Waals surface area contributed by atoms with Gasteiger partial charge in [-0.05, 0) is 81.1 Å². The molecule has 2 aliphatic rings. The van der Waals surface area contributed by atoms with Crippen LogP contribution in [0.5, 0.6) is 5.75 Å². The summed E-state index contributed by atoms with van der Waals surface area (Å²) in [4.78, 5) is 2.89. The van der Waals surface area contributed by atoms with Crippen LogP contribution in [0.2, 0.25) is 0 Å². The van der Waals surface area contributed by atoms with Gasteiger partial charge in [-0.15, -0.1) is 0 Å². The molecule has 0 spiro atoms. The maximum Gasteiger partial charge on any atom is 0.178 e. The molecule has 0 amide bonds. The topological polar surface area (TPSA) is 74.3 Å². The lowest BCUT2D eigenvalue weighted by molar-refractivity contribution is 0.0172. The van der Waals surface area contributed by atoms with E-state index in [0.29, 0.717) is 62.7 Å². The first kappa shape index (κ1) is 28.0. The number of nitrogens with zero attached hydrogens (tertiary/aromatic N) is 1. The second-order valence-electron chi connectivity index (χ2n) is 9.67. The van der Waals surface area contributed by atoms with E-state index in [9.17, 15) is 8.42 Å². The third-order valence-electron chi connectivity index (χ3n) is 7.10. The molecule has 1 saturated heterocycles. The van der Waals surface area contributed by atoms with Crippen LogP contribution in [-0.4, -0.2) is 77.8 Å². The van der Waals surface area contributed by atoms with Gasteiger partial charge in [0.25, 0.3) is 0 Å². The monoisotopic (exact) mass is 531 g/mol. The average molecular weight is 532 g/mol. The van der Waals surface area contributed by atoms with E-state index in [4.69, 9.17) is 18.9 Å². The second-order valence-corrected chi connectivity index (χ2v) is 11.8. The van der Waals surface area contributed by atoms with Gasteiger partial charge >= 0.3 is 0 Å². The fourth-order valence-corrected chi connectivity index (χ4v) is 6.46. The first-order valence-electron chi connectivity index (χ1n) is 13.6. The zero-order chi connectivity index (χ0) is 25.9. The SMILES string of the molecule is CCOCCOCCOCCCS(=O)(=O)c1ccc(O[C@H]2c3ccccc3C[C@@H]2N2CCCCC2)cc1. The van der Waals surface area contributed by atoms with Gasteiger partial charge < -0.3 is 18.9 Å². The molecule has 1 heterocycles. The molecule has 1 fully saturated rings. The average Bonchev–Trinajstić information content (AvgIpc) is 3.29. The molecule has 0 saturated carbocycles. The number of fused-ring (bicyclic) bond motifs is 1. The fraction of sp³-hybridized carbons (Fsp3) is 0.586. The van der Waals surface area contributed by atoms with E-state index in [0.717, 1.165) is 19.5 Å². The van der Waals surface area contributed by atoms with Crippen molar-refractivity contribution in [3.8, 4) is 5.75 Å². The van der Waals surface area contributed by atoms with E-state index in [1.807, 2.05) is 6.92 Å². The third-order valence-corrected chi connectivity index (χ3v) is 8.91. The maximum atomic E-state index is 12.8. The van der Waals surface area contributed by atoms with Crippen molar-refractivity contribution in [2.24, 2.45) is 0 Å². The Morgan fingerprint density at radius 2 is 1.51 bits per heavy atom. The van der Waals surface area contributed by atoms with Crippen LogP contribution in [0.3, 0.4) is 0 Å². The Kier molecular flexibility index (Phi) is 10.8. The molecule has 4 rings (SSSR count). The van der Waals surface area contributed by atoms with Gasteiger partial charge in [-0.3, -0.25) is 4.90 Å². The predicted molar refractivity (Wildman–Crippen MR) is 144 cm³/mol. The van der Waals surface area contributed by atoms with Crippen LogP contribution in [0.15, 0.2) is 53.4 Å². The molecule has 1 aliphatic heterocycles. The number of hydrogen-bond acceptors (Lipinski definition) is 7. The van der Waals surface area contributed by atoms with Crippen LogP contribution in [-0.2, 0) is 30.5 Å². The van der Waals surface area contributed by atoms with Crippen LogP contribution in [0.4, 0.5) is 0 Å². The summed E-state index contributed by atoms with van der Waals surface area (Å²) >= 11 is 0. The summed E-state index contributed by atoms with van der Waals surface area (Å²) in [7, 11) is -3.38. The molecule has 8 heteroatoms. The van der Waals surface area contributed by atoms with Crippen molar-refractivity contribution in [2.45, 2.75) is 56.1 Å². The minimum atomic E-state index is -3.38. The van der Waals surface area contributed by atoms with Gasteiger partial charge in [-0.25, -0.2) is 8.42 Å². The van der Waals surface area contributed by atoms with Crippen molar-refractivity contribution in [1.29, 1.82) is 0 Å². The van der Waals surface area contributed by atoms with Crippen LogP contribution in [0, 0.1) is 0 Å². The summed E-state index contributed by atoms with van der Waals surface area (Å²) in [5.41, 5.74) is 2.59. The standard InChI is InChI=1S/C29H41NO6S/c1-2-33-18-19-35-21-20-34-17-8-22-37(31,32)26-13-11-25(12-14-26)36-29-27-10-5-4-9-24(27)23-28(29)30-15-6-3-7-16-30/h4-5,9-14,28-29H,2-3,6-8,15-23H2,1H3/t28-,29-/m0/s1. The smallest absolute Gasteiger partial charge is 0.178 e. The minimum absolute atomic E-state index is 0.0444. The van der Waals surface area contributed by atoms with Crippen molar-refractivity contribution in [3.63, 3.8) is 0 Å². The molecular formula is C29H41NO6S. The second kappa shape index (κ2) is 14.3. The minimum Gasteiger partial charge on any atom is -0.484 e. The molecule has 37 heavy (non-hydrogen) atoms. The predicted octanol–water partition coefficient (Wildman–Crippen LogP) is 4.45. The number of ether oxygens (including phenoxy) is 4. The van der Waals surface area contributed by atoms with Gasteiger partial charge in [0.15, 0.2) is 9.84 Å². The van der Waals surface area contributed by atoms with Crippen molar-refractivity contribution >= 4 is 9.84 Å². The molecule has 0 N–H and O–H groups in total. The molecule has 2 aromatic carbocycles. The van der Waals surface area contributed by atoms with Gasteiger partial charge in [0.1, 0.15) is 11.9 Å².